The number of nitrogens with one attached hydrogen (secondary N) is 1. The summed E-state index contributed by atoms with van der Waals surface area (Å²) in [5, 5.41) is 14.0. The second-order valence-electron chi connectivity index (χ2n) is 3.81. The van der Waals surface area contributed by atoms with Gasteiger partial charge in [0.1, 0.15) is 11.9 Å². The monoisotopic (exact) mass is 322 g/mol. The highest BCUT2D eigenvalue weighted by atomic mass is 79.9. The van der Waals surface area contributed by atoms with Crippen LogP contribution in [0.15, 0.2) is 41.4 Å². The fraction of sp³-hybridized carbons (Fsp3) is 0.167. The van der Waals surface area contributed by atoms with E-state index in [0.717, 1.165) is 12.0 Å². The fourth-order valence-corrected chi connectivity index (χ4v) is 2.08. The molecule has 0 saturated heterocycles. The Morgan fingerprint density at radius 1 is 1.32 bits per heavy atom. The third kappa shape index (κ3) is 3.47. The van der Waals surface area contributed by atoms with Gasteiger partial charge in [0.2, 0.25) is 0 Å². The van der Waals surface area contributed by atoms with Crippen LogP contribution in [0.5, 0.6) is 0 Å². The predicted octanol–water partition coefficient (Wildman–Crippen LogP) is 2.80. The molecule has 0 radical (unpaired) electrons. The van der Waals surface area contributed by atoms with Crippen LogP contribution in [0, 0.1) is 10.1 Å². The number of aromatic nitrogens is 2. The predicted molar refractivity (Wildman–Crippen MR) is 75.0 cm³/mol. The number of pyridine rings is 2. The molecule has 0 spiro atoms. The van der Waals surface area contributed by atoms with E-state index in [0.29, 0.717) is 16.7 Å². The summed E-state index contributed by atoms with van der Waals surface area (Å²) in [6.07, 6.45) is 6.98. The highest BCUT2D eigenvalue weighted by molar-refractivity contribution is 9.10. The second-order valence-corrected chi connectivity index (χ2v) is 4.66. The Labute approximate surface area is 118 Å². The molecule has 0 amide bonds. The van der Waals surface area contributed by atoms with E-state index in [-0.39, 0.29) is 5.69 Å². The van der Waals surface area contributed by atoms with Crippen molar-refractivity contribution in [3.8, 4) is 0 Å². The summed E-state index contributed by atoms with van der Waals surface area (Å²) in [5.74, 6) is 0. The van der Waals surface area contributed by atoms with E-state index in [9.17, 15) is 10.1 Å². The molecule has 7 heteroatoms. The third-order valence-electron chi connectivity index (χ3n) is 2.51. The van der Waals surface area contributed by atoms with Gasteiger partial charge in [-0.1, -0.05) is 6.07 Å². The largest absolute Gasteiger partial charge is 0.378 e. The van der Waals surface area contributed by atoms with Crippen molar-refractivity contribution in [2.24, 2.45) is 0 Å². The average molecular weight is 323 g/mol. The molecule has 2 aromatic rings. The standard InChI is InChI=1S/C12H11BrN4O2/c13-10-7-15-8-11(17(18)19)12(10)16-5-3-9-2-1-4-14-6-9/h1-2,4,6-8H,3,5H2,(H,15,16). The van der Waals surface area contributed by atoms with Crippen molar-refractivity contribution in [3.63, 3.8) is 0 Å². The first-order valence-corrected chi connectivity index (χ1v) is 6.38. The summed E-state index contributed by atoms with van der Waals surface area (Å²) >= 11 is 3.26. The molecule has 0 atom stereocenters. The van der Waals surface area contributed by atoms with E-state index >= 15 is 0 Å². The normalized spacial score (nSPS) is 10.2. The lowest BCUT2D eigenvalue weighted by Gasteiger charge is -2.08. The lowest BCUT2D eigenvalue weighted by atomic mass is 10.2. The Bertz CT molecular complexity index is 577. The Hall–Kier alpha value is -2.02. The fourth-order valence-electron chi connectivity index (χ4n) is 1.62. The van der Waals surface area contributed by atoms with Crippen LogP contribution in [-0.4, -0.2) is 21.4 Å². The molecule has 0 unspecified atom stereocenters. The molecule has 0 fully saturated rings. The summed E-state index contributed by atoms with van der Waals surface area (Å²) in [5.41, 5.74) is 1.48. The second kappa shape index (κ2) is 6.24. The maximum Gasteiger partial charge on any atom is 0.311 e. The summed E-state index contributed by atoms with van der Waals surface area (Å²) in [7, 11) is 0. The molecule has 0 aliphatic heterocycles. The highest BCUT2D eigenvalue weighted by Crippen LogP contribution is 2.30. The van der Waals surface area contributed by atoms with Crippen LogP contribution in [-0.2, 0) is 6.42 Å². The van der Waals surface area contributed by atoms with Gasteiger partial charge in [0.15, 0.2) is 0 Å². The summed E-state index contributed by atoms with van der Waals surface area (Å²) in [6, 6.07) is 3.82. The first-order chi connectivity index (χ1) is 9.18. The molecule has 2 aromatic heterocycles. The molecule has 0 aliphatic rings. The van der Waals surface area contributed by atoms with E-state index in [1.807, 2.05) is 12.1 Å². The first kappa shape index (κ1) is 13.4. The molecule has 0 saturated carbocycles. The van der Waals surface area contributed by atoms with E-state index in [1.54, 1.807) is 12.4 Å². The third-order valence-corrected chi connectivity index (χ3v) is 3.12. The zero-order valence-electron chi connectivity index (χ0n) is 9.91. The molecule has 6 nitrogen and oxygen atoms in total. The van der Waals surface area contributed by atoms with Gasteiger partial charge in [0.25, 0.3) is 0 Å². The highest BCUT2D eigenvalue weighted by Gasteiger charge is 2.16. The van der Waals surface area contributed by atoms with Crippen LogP contribution < -0.4 is 5.32 Å². The van der Waals surface area contributed by atoms with Gasteiger partial charge in [-0.15, -0.1) is 0 Å². The molecule has 19 heavy (non-hydrogen) atoms. The number of nitrogens with zero attached hydrogens (tertiary/aromatic N) is 3. The summed E-state index contributed by atoms with van der Waals surface area (Å²) < 4.78 is 0.577. The SMILES string of the molecule is O=[N+]([O-])c1cncc(Br)c1NCCc1cccnc1. The average Bonchev–Trinajstić information content (AvgIpc) is 2.41. The molecule has 0 aromatic carbocycles. The Morgan fingerprint density at radius 2 is 2.16 bits per heavy atom. The van der Waals surface area contributed by atoms with Crippen molar-refractivity contribution >= 4 is 27.3 Å². The van der Waals surface area contributed by atoms with Crippen LogP contribution in [0.1, 0.15) is 5.56 Å². The van der Waals surface area contributed by atoms with Gasteiger partial charge in [0.05, 0.1) is 9.40 Å². The van der Waals surface area contributed by atoms with Crippen molar-refractivity contribution in [3.05, 3.63) is 57.1 Å². The minimum absolute atomic E-state index is 0.0411. The van der Waals surface area contributed by atoms with Crippen molar-refractivity contribution in [1.29, 1.82) is 0 Å². The Balaban J connectivity index is 2.05. The van der Waals surface area contributed by atoms with E-state index < -0.39 is 4.92 Å². The lowest BCUT2D eigenvalue weighted by molar-refractivity contribution is -0.384. The van der Waals surface area contributed by atoms with Gasteiger partial charge in [-0.25, -0.2) is 0 Å². The van der Waals surface area contributed by atoms with Gasteiger partial charge < -0.3 is 5.32 Å². The van der Waals surface area contributed by atoms with Crippen LogP contribution in [0.25, 0.3) is 0 Å². The van der Waals surface area contributed by atoms with Crippen LogP contribution in [0.2, 0.25) is 0 Å². The van der Waals surface area contributed by atoms with Crippen LogP contribution >= 0.6 is 15.9 Å². The van der Waals surface area contributed by atoms with Gasteiger partial charge >= 0.3 is 5.69 Å². The van der Waals surface area contributed by atoms with E-state index in [1.165, 1.54) is 12.4 Å². The number of halogens is 1. The summed E-state index contributed by atoms with van der Waals surface area (Å²) in [4.78, 5) is 18.3. The van der Waals surface area contributed by atoms with Gasteiger partial charge in [-0.2, -0.15) is 0 Å². The number of hydrogen-bond donors (Lipinski definition) is 1. The molecule has 2 rings (SSSR count). The number of nitro groups is 1. The molecule has 0 bridgehead atoms. The smallest absolute Gasteiger partial charge is 0.311 e. The molecule has 1 N–H and O–H groups in total. The van der Waals surface area contributed by atoms with Crippen molar-refractivity contribution in [1.82, 2.24) is 9.97 Å². The van der Waals surface area contributed by atoms with Crippen LogP contribution in [0.3, 0.4) is 0 Å². The molecule has 0 aliphatic carbocycles. The zero-order chi connectivity index (χ0) is 13.7. The number of hydrogen-bond acceptors (Lipinski definition) is 5. The van der Waals surface area contributed by atoms with Crippen molar-refractivity contribution < 1.29 is 4.92 Å². The quantitative estimate of drug-likeness (QED) is 0.676. The summed E-state index contributed by atoms with van der Waals surface area (Å²) in [6.45, 7) is 0.579. The van der Waals surface area contributed by atoms with Gasteiger partial charge in [-0.3, -0.25) is 20.1 Å². The van der Waals surface area contributed by atoms with Gasteiger partial charge in [-0.05, 0) is 34.0 Å². The topological polar surface area (TPSA) is 81.0 Å². The molecular formula is C12H11BrN4O2. The van der Waals surface area contributed by atoms with E-state index in [2.05, 4.69) is 31.2 Å². The van der Waals surface area contributed by atoms with Crippen molar-refractivity contribution in [2.45, 2.75) is 6.42 Å². The Morgan fingerprint density at radius 3 is 2.84 bits per heavy atom. The molecule has 98 valence electrons. The maximum absolute atomic E-state index is 10.9. The van der Waals surface area contributed by atoms with Gasteiger partial charge in [0, 0.05) is 25.1 Å². The Kier molecular flexibility index (Phi) is 4.40. The minimum atomic E-state index is -0.454. The number of rotatable bonds is 5. The lowest BCUT2D eigenvalue weighted by Crippen LogP contribution is -2.08. The zero-order valence-corrected chi connectivity index (χ0v) is 11.5. The van der Waals surface area contributed by atoms with Crippen molar-refractivity contribution in [2.75, 3.05) is 11.9 Å². The maximum atomic E-state index is 10.9. The first-order valence-electron chi connectivity index (χ1n) is 5.59. The number of anilines is 1. The van der Waals surface area contributed by atoms with E-state index in [4.69, 9.17) is 0 Å². The molecular weight excluding hydrogens is 312 g/mol. The van der Waals surface area contributed by atoms with Crippen LogP contribution in [0.4, 0.5) is 11.4 Å². The molecule has 2 heterocycles. The minimum Gasteiger partial charge on any atom is -0.378 e.